The first-order valence-electron chi connectivity index (χ1n) is 9.13. The standard InChI is InChI=1S/C21H16ClFN4O3/c1-2-30-21(29)18-12-26(19-8-5-14(23)9-17(19)20(18)28)10-15-11-27(25-24-15)16-6-3-13(22)4-7-16/h3-9,11-12H,2,10H2,1H3. The average Bonchev–Trinajstić information content (AvgIpc) is 3.19. The molecule has 0 radical (unpaired) electrons. The van der Waals surface area contributed by atoms with E-state index in [0.717, 1.165) is 11.8 Å². The zero-order valence-electron chi connectivity index (χ0n) is 15.9. The second-order valence-corrected chi connectivity index (χ2v) is 6.95. The van der Waals surface area contributed by atoms with Gasteiger partial charge in [0, 0.05) is 16.6 Å². The Balaban J connectivity index is 1.77. The maximum absolute atomic E-state index is 13.8. The van der Waals surface area contributed by atoms with Crippen LogP contribution in [0.5, 0.6) is 0 Å². The van der Waals surface area contributed by atoms with Crippen LogP contribution in [0.3, 0.4) is 0 Å². The third-order valence-corrected chi connectivity index (χ3v) is 4.75. The average molecular weight is 427 g/mol. The Hall–Kier alpha value is -3.52. The first-order valence-corrected chi connectivity index (χ1v) is 9.51. The van der Waals surface area contributed by atoms with Gasteiger partial charge in [-0.05, 0) is 49.4 Å². The lowest BCUT2D eigenvalue weighted by molar-refractivity contribution is 0.0524. The van der Waals surface area contributed by atoms with Gasteiger partial charge in [-0.1, -0.05) is 16.8 Å². The minimum Gasteiger partial charge on any atom is -0.462 e. The van der Waals surface area contributed by atoms with E-state index in [1.807, 2.05) is 0 Å². The fourth-order valence-corrected chi connectivity index (χ4v) is 3.25. The van der Waals surface area contributed by atoms with Crippen LogP contribution in [0.4, 0.5) is 4.39 Å². The predicted octanol–water partition coefficient (Wildman–Crippen LogP) is 3.60. The maximum atomic E-state index is 13.8. The first-order chi connectivity index (χ1) is 14.5. The van der Waals surface area contributed by atoms with Crippen molar-refractivity contribution in [1.82, 2.24) is 19.6 Å². The minimum atomic E-state index is -0.757. The first kappa shape index (κ1) is 19.8. The summed E-state index contributed by atoms with van der Waals surface area (Å²) in [6.45, 7) is 1.98. The molecule has 7 nitrogen and oxygen atoms in total. The van der Waals surface area contributed by atoms with Gasteiger partial charge in [-0.25, -0.2) is 13.9 Å². The lowest BCUT2D eigenvalue weighted by atomic mass is 10.1. The van der Waals surface area contributed by atoms with Crippen molar-refractivity contribution in [3.63, 3.8) is 0 Å². The monoisotopic (exact) mass is 426 g/mol. The van der Waals surface area contributed by atoms with E-state index in [1.54, 1.807) is 46.6 Å². The molecule has 0 N–H and O–H groups in total. The van der Waals surface area contributed by atoms with Gasteiger partial charge in [0.05, 0.1) is 30.6 Å². The number of fused-ring (bicyclic) bond motifs is 1. The van der Waals surface area contributed by atoms with Gasteiger partial charge in [0.15, 0.2) is 0 Å². The van der Waals surface area contributed by atoms with Crippen LogP contribution >= 0.6 is 11.6 Å². The van der Waals surface area contributed by atoms with E-state index in [2.05, 4.69) is 10.3 Å². The van der Waals surface area contributed by atoms with Crippen molar-refractivity contribution in [3.05, 3.63) is 87.2 Å². The highest BCUT2D eigenvalue weighted by Crippen LogP contribution is 2.17. The normalized spacial score (nSPS) is 11.0. The fraction of sp³-hybridized carbons (Fsp3) is 0.143. The number of halogens is 2. The van der Waals surface area contributed by atoms with Crippen molar-refractivity contribution >= 4 is 28.5 Å². The largest absolute Gasteiger partial charge is 0.462 e. The summed E-state index contributed by atoms with van der Waals surface area (Å²) in [5.41, 5.74) is 1.07. The van der Waals surface area contributed by atoms with E-state index in [9.17, 15) is 14.0 Å². The second-order valence-electron chi connectivity index (χ2n) is 6.51. The van der Waals surface area contributed by atoms with Crippen LogP contribution in [0.25, 0.3) is 16.6 Å². The van der Waals surface area contributed by atoms with Gasteiger partial charge < -0.3 is 9.30 Å². The number of rotatable bonds is 5. The van der Waals surface area contributed by atoms with Crippen LogP contribution in [0, 0.1) is 5.82 Å². The summed E-state index contributed by atoms with van der Waals surface area (Å²) in [5.74, 6) is -1.33. The summed E-state index contributed by atoms with van der Waals surface area (Å²) in [7, 11) is 0. The summed E-state index contributed by atoms with van der Waals surface area (Å²) < 4.78 is 22.0. The summed E-state index contributed by atoms with van der Waals surface area (Å²) in [4.78, 5) is 24.9. The van der Waals surface area contributed by atoms with Crippen LogP contribution in [-0.2, 0) is 11.3 Å². The molecule has 152 valence electrons. The van der Waals surface area contributed by atoms with Gasteiger partial charge in [-0.2, -0.15) is 0 Å². The Kier molecular flexibility index (Phi) is 5.33. The zero-order valence-corrected chi connectivity index (χ0v) is 16.6. The van der Waals surface area contributed by atoms with Crippen molar-refractivity contribution < 1.29 is 13.9 Å². The number of esters is 1. The Morgan fingerprint density at radius 3 is 2.67 bits per heavy atom. The molecule has 0 amide bonds. The van der Waals surface area contributed by atoms with Gasteiger partial charge in [0.1, 0.15) is 17.1 Å². The SMILES string of the molecule is CCOC(=O)c1cn(Cc2cn(-c3ccc(Cl)cc3)nn2)c2ccc(F)cc2c1=O. The molecule has 0 aliphatic rings. The Morgan fingerprint density at radius 1 is 1.17 bits per heavy atom. The van der Waals surface area contributed by atoms with Crippen LogP contribution in [0.2, 0.25) is 5.02 Å². The molecule has 2 aromatic heterocycles. The molecule has 9 heteroatoms. The van der Waals surface area contributed by atoms with Gasteiger partial charge >= 0.3 is 5.97 Å². The smallest absolute Gasteiger partial charge is 0.343 e. The highest BCUT2D eigenvalue weighted by molar-refractivity contribution is 6.30. The molecule has 0 bridgehead atoms. The molecule has 0 fully saturated rings. The molecule has 2 heterocycles. The van der Waals surface area contributed by atoms with E-state index >= 15 is 0 Å². The van der Waals surface area contributed by atoms with E-state index in [-0.39, 0.29) is 24.1 Å². The molecule has 2 aromatic carbocycles. The Bertz CT molecular complexity index is 1300. The number of ether oxygens (including phenoxy) is 1. The maximum Gasteiger partial charge on any atom is 0.343 e. The molecule has 0 saturated carbocycles. The highest BCUT2D eigenvalue weighted by Gasteiger charge is 2.18. The second kappa shape index (κ2) is 8.08. The van der Waals surface area contributed by atoms with Crippen LogP contribution in [0.1, 0.15) is 23.0 Å². The van der Waals surface area contributed by atoms with Gasteiger partial charge in [0.2, 0.25) is 5.43 Å². The number of nitrogens with zero attached hydrogens (tertiary/aromatic N) is 4. The van der Waals surface area contributed by atoms with Crippen molar-refractivity contribution in [2.24, 2.45) is 0 Å². The number of hydrogen-bond donors (Lipinski definition) is 0. The van der Waals surface area contributed by atoms with Gasteiger partial charge in [0.25, 0.3) is 0 Å². The molecule has 0 saturated heterocycles. The van der Waals surface area contributed by atoms with Gasteiger partial charge in [-0.3, -0.25) is 4.79 Å². The minimum absolute atomic E-state index is 0.0886. The lowest BCUT2D eigenvalue weighted by Crippen LogP contribution is -2.21. The summed E-state index contributed by atoms with van der Waals surface area (Å²) >= 11 is 5.92. The molecular formula is C21H16ClFN4O3. The highest BCUT2D eigenvalue weighted by atomic mass is 35.5. The Morgan fingerprint density at radius 2 is 1.93 bits per heavy atom. The molecule has 0 aliphatic heterocycles. The van der Waals surface area contributed by atoms with Crippen LogP contribution in [-0.4, -0.2) is 32.1 Å². The molecule has 0 spiro atoms. The number of carbonyl (C=O) groups is 1. The molecular weight excluding hydrogens is 411 g/mol. The number of benzene rings is 2. The van der Waals surface area contributed by atoms with E-state index in [0.29, 0.717) is 16.2 Å². The molecule has 0 unspecified atom stereocenters. The van der Waals surface area contributed by atoms with Crippen molar-refractivity contribution in [1.29, 1.82) is 0 Å². The summed E-state index contributed by atoms with van der Waals surface area (Å²) in [5, 5.41) is 8.96. The molecule has 0 aliphatic carbocycles. The summed E-state index contributed by atoms with van der Waals surface area (Å²) in [6.07, 6.45) is 3.13. The van der Waals surface area contributed by atoms with Crippen LogP contribution < -0.4 is 5.43 Å². The quantitative estimate of drug-likeness (QED) is 0.455. The third-order valence-electron chi connectivity index (χ3n) is 4.50. The van der Waals surface area contributed by atoms with Gasteiger partial charge in [-0.15, -0.1) is 5.10 Å². The topological polar surface area (TPSA) is 79.0 Å². The number of pyridine rings is 1. The summed E-state index contributed by atoms with van der Waals surface area (Å²) in [6, 6.07) is 11.0. The zero-order chi connectivity index (χ0) is 21.3. The third kappa shape index (κ3) is 3.81. The number of aromatic nitrogens is 4. The number of hydrogen-bond acceptors (Lipinski definition) is 5. The lowest BCUT2D eigenvalue weighted by Gasteiger charge is -2.12. The van der Waals surface area contributed by atoms with E-state index in [4.69, 9.17) is 16.3 Å². The molecule has 4 aromatic rings. The molecule has 0 atom stereocenters. The molecule has 4 rings (SSSR count). The van der Waals surface area contributed by atoms with Crippen molar-refractivity contribution in [3.8, 4) is 5.69 Å². The van der Waals surface area contributed by atoms with Crippen LogP contribution in [0.15, 0.2) is 59.7 Å². The Labute approximate surface area is 175 Å². The van der Waals surface area contributed by atoms with E-state index < -0.39 is 17.2 Å². The van der Waals surface area contributed by atoms with E-state index in [1.165, 1.54) is 18.3 Å². The number of carbonyl (C=O) groups excluding carboxylic acids is 1. The fourth-order valence-electron chi connectivity index (χ4n) is 3.12. The predicted molar refractivity (Wildman–Crippen MR) is 110 cm³/mol. The van der Waals surface area contributed by atoms with Crippen molar-refractivity contribution in [2.75, 3.05) is 6.61 Å². The van der Waals surface area contributed by atoms with Crippen molar-refractivity contribution in [2.45, 2.75) is 13.5 Å². The molecule has 30 heavy (non-hydrogen) atoms.